The van der Waals surface area contributed by atoms with Gasteiger partial charge in [-0.05, 0) is 38.1 Å². The van der Waals surface area contributed by atoms with Crippen molar-refractivity contribution in [1.29, 1.82) is 0 Å². The molecule has 1 aliphatic rings. The second-order valence-electron chi connectivity index (χ2n) is 6.77. The van der Waals surface area contributed by atoms with Crippen LogP contribution in [0.15, 0.2) is 24.3 Å². The molecule has 2 amide bonds. The summed E-state index contributed by atoms with van der Waals surface area (Å²) in [5.41, 5.74) is 2.31. The van der Waals surface area contributed by atoms with Crippen LogP contribution in [-0.2, 0) is 0 Å². The first-order valence-corrected chi connectivity index (χ1v) is 9.87. The molecule has 0 aliphatic carbocycles. The summed E-state index contributed by atoms with van der Waals surface area (Å²) in [5, 5.41) is 3.97. The maximum absolute atomic E-state index is 12.7. The van der Waals surface area contributed by atoms with E-state index in [0.29, 0.717) is 53.2 Å². The summed E-state index contributed by atoms with van der Waals surface area (Å²) in [7, 11) is 1.47. The minimum absolute atomic E-state index is 0.123. The van der Waals surface area contributed by atoms with Crippen LogP contribution in [0, 0.1) is 6.92 Å². The molecule has 2 aromatic rings. The van der Waals surface area contributed by atoms with Crippen LogP contribution in [0.4, 0.5) is 16.2 Å². The van der Waals surface area contributed by atoms with E-state index in [1.165, 1.54) is 14.0 Å². The smallest absolute Gasteiger partial charge is 0.322 e. The van der Waals surface area contributed by atoms with E-state index in [4.69, 9.17) is 27.9 Å². The highest BCUT2D eigenvalue weighted by Gasteiger charge is 2.23. The van der Waals surface area contributed by atoms with Crippen LogP contribution >= 0.6 is 23.2 Å². The first-order chi connectivity index (χ1) is 13.8. The number of carbonyl (C=O) groups is 2. The highest BCUT2D eigenvalue weighted by Crippen LogP contribution is 2.28. The molecule has 0 atom stereocenters. The summed E-state index contributed by atoms with van der Waals surface area (Å²) in [5.74, 6) is 0.148. The Kier molecular flexibility index (Phi) is 6.49. The third kappa shape index (κ3) is 4.92. The largest absolute Gasteiger partial charge is 0.480 e. The van der Waals surface area contributed by atoms with Gasteiger partial charge >= 0.3 is 6.03 Å². The molecule has 0 bridgehead atoms. The van der Waals surface area contributed by atoms with Gasteiger partial charge in [-0.25, -0.2) is 9.78 Å². The number of halogens is 2. The molecule has 1 fully saturated rings. The number of carbonyl (C=O) groups excluding carboxylic acids is 2. The van der Waals surface area contributed by atoms with Crippen molar-refractivity contribution < 1.29 is 14.3 Å². The number of piperazine rings is 1. The van der Waals surface area contributed by atoms with Crippen molar-refractivity contribution in [2.45, 2.75) is 13.8 Å². The van der Waals surface area contributed by atoms with Gasteiger partial charge in [0.15, 0.2) is 5.78 Å². The van der Waals surface area contributed by atoms with Crippen LogP contribution < -0.4 is 15.0 Å². The number of hydrogen-bond donors (Lipinski definition) is 1. The van der Waals surface area contributed by atoms with Gasteiger partial charge in [0.25, 0.3) is 0 Å². The van der Waals surface area contributed by atoms with Gasteiger partial charge in [0, 0.05) is 47.5 Å². The molecule has 0 radical (unpaired) electrons. The summed E-state index contributed by atoms with van der Waals surface area (Å²) in [6.07, 6.45) is 0. The second-order valence-corrected chi connectivity index (χ2v) is 7.64. The number of ketones is 1. The van der Waals surface area contributed by atoms with Crippen molar-refractivity contribution in [3.05, 3.63) is 45.6 Å². The SMILES string of the molecule is COc1nc(C)c(C(C)=O)cc1NC(=O)N1CCN(c2cc(Cl)cc(Cl)c2)CC1. The Morgan fingerprint density at radius 3 is 2.24 bits per heavy atom. The lowest BCUT2D eigenvalue weighted by Crippen LogP contribution is -2.50. The van der Waals surface area contributed by atoms with Gasteiger partial charge in [-0.3, -0.25) is 4.79 Å². The van der Waals surface area contributed by atoms with Gasteiger partial charge in [-0.1, -0.05) is 23.2 Å². The zero-order chi connectivity index (χ0) is 21.1. The Morgan fingerprint density at radius 2 is 1.69 bits per heavy atom. The number of nitrogens with zero attached hydrogens (tertiary/aromatic N) is 3. The number of aromatic nitrogens is 1. The molecule has 1 aromatic carbocycles. The fourth-order valence-electron chi connectivity index (χ4n) is 3.27. The number of urea groups is 1. The molecule has 1 aromatic heterocycles. The Bertz CT molecular complexity index is 923. The fourth-order valence-corrected chi connectivity index (χ4v) is 3.78. The summed E-state index contributed by atoms with van der Waals surface area (Å²) >= 11 is 12.2. The van der Waals surface area contributed by atoms with Gasteiger partial charge in [-0.15, -0.1) is 0 Å². The number of Topliss-reactive ketones (excluding diaryl/α,β-unsaturated/α-hetero) is 1. The van der Waals surface area contributed by atoms with Gasteiger partial charge in [0.2, 0.25) is 5.88 Å². The number of pyridine rings is 1. The van der Waals surface area contributed by atoms with E-state index in [0.717, 1.165) is 5.69 Å². The summed E-state index contributed by atoms with van der Waals surface area (Å²) < 4.78 is 5.26. The summed E-state index contributed by atoms with van der Waals surface area (Å²) in [6.45, 7) is 5.53. The molecular formula is C20H22Cl2N4O3. The Balaban J connectivity index is 1.68. The molecule has 2 heterocycles. The van der Waals surface area contributed by atoms with E-state index < -0.39 is 0 Å². The molecule has 3 rings (SSSR count). The van der Waals surface area contributed by atoms with E-state index in [9.17, 15) is 9.59 Å². The first kappa shape index (κ1) is 21.2. The fraction of sp³-hybridized carbons (Fsp3) is 0.350. The second kappa shape index (κ2) is 8.88. The predicted molar refractivity (Wildman–Crippen MR) is 115 cm³/mol. The highest BCUT2D eigenvalue weighted by molar-refractivity contribution is 6.35. The van der Waals surface area contributed by atoms with Crippen molar-refractivity contribution in [2.24, 2.45) is 0 Å². The molecule has 1 N–H and O–H groups in total. The lowest BCUT2D eigenvalue weighted by Gasteiger charge is -2.36. The van der Waals surface area contributed by atoms with Crippen LogP contribution in [0.3, 0.4) is 0 Å². The molecule has 1 aliphatic heterocycles. The van der Waals surface area contributed by atoms with Crippen LogP contribution in [0.2, 0.25) is 10.0 Å². The molecule has 154 valence electrons. The zero-order valence-electron chi connectivity index (χ0n) is 16.5. The normalized spacial score (nSPS) is 14.0. The molecule has 7 nitrogen and oxygen atoms in total. The minimum atomic E-state index is -0.271. The average Bonchev–Trinajstić information content (AvgIpc) is 2.68. The monoisotopic (exact) mass is 436 g/mol. The van der Waals surface area contributed by atoms with E-state index in [2.05, 4.69) is 15.2 Å². The molecule has 0 unspecified atom stereocenters. The third-order valence-corrected chi connectivity index (χ3v) is 5.21. The highest BCUT2D eigenvalue weighted by atomic mass is 35.5. The quantitative estimate of drug-likeness (QED) is 0.724. The first-order valence-electron chi connectivity index (χ1n) is 9.12. The average molecular weight is 437 g/mol. The standard InChI is InChI=1S/C20H22Cl2N4O3/c1-12-17(13(2)27)11-18(19(23-12)29-3)24-20(28)26-6-4-25(5-7-26)16-9-14(21)8-15(22)10-16/h8-11H,4-7H2,1-3H3,(H,24,28). The number of benzene rings is 1. The van der Waals surface area contributed by atoms with E-state index >= 15 is 0 Å². The van der Waals surface area contributed by atoms with Crippen molar-refractivity contribution in [1.82, 2.24) is 9.88 Å². The number of hydrogen-bond acceptors (Lipinski definition) is 5. The maximum atomic E-state index is 12.7. The number of aryl methyl sites for hydroxylation is 1. The van der Waals surface area contributed by atoms with E-state index in [-0.39, 0.29) is 17.7 Å². The third-order valence-electron chi connectivity index (χ3n) is 4.77. The van der Waals surface area contributed by atoms with Crippen LogP contribution in [0.1, 0.15) is 23.0 Å². The van der Waals surface area contributed by atoms with Crippen molar-refractivity contribution in [3.8, 4) is 5.88 Å². The van der Waals surface area contributed by atoms with Gasteiger partial charge in [0.1, 0.15) is 5.69 Å². The molecule has 0 saturated carbocycles. The van der Waals surface area contributed by atoms with Crippen molar-refractivity contribution in [2.75, 3.05) is 43.5 Å². The van der Waals surface area contributed by atoms with Crippen LogP contribution in [0.5, 0.6) is 5.88 Å². The number of nitrogens with one attached hydrogen (secondary N) is 1. The van der Waals surface area contributed by atoms with Gasteiger partial charge in [-0.2, -0.15) is 0 Å². The number of rotatable bonds is 4. The number of anilines is 2. The topological polar surface area (TPSA) is 74.8 Å². The van der Waals surface area contributed by atoms with Gasteiger partial charge < -0.3 is 19.9 Å². The number of amides is 2. The zero-order valence-corrected chi connectivity index (χ0v) is 18.0. The Morgan fingerprint density at radius 1 is 1.07 bits per heavy atom. The molecular weight excluding hydrogens is 415 g/mol. The summed E-state index contributed by atoms with van der Waals surface area (Å²) in [6, 6.07) is 6.73. The molecule has 0 spiro atoms. The van der Waals surface area contributed by atoms with Crippen molar-refractivity contribution in [3.63, 3.8) is 0 Å². The lowest BCUT2D eigenvalue weighted by molar-refractivity contribution is 0.101. The van der Waals surface area contributed by atoms with Crippen LogP contribution in [-0.4, -0.2) is 55.0 Å². The van der Waals surface area contributed by atoms with Crippen LogP contribution in [0.25, 0.3) is 0 Å². The van der Waals surface area contributed by atoms with Crippen molar-refractivity contribution >= 4 is 46.4 Å². The van der Waals surface area contributed by atoms with E-state index in [1.807, 2.05) is 12.1 Å². The molecule has 29 heavy (non-hydrogen) atoms. The van der Waals surface area contributed by atoms with E-state index in [1.54, 1.807) is 24.0 Å². The predicted octanol–water partition coefficient (Wildman–Crippen LogP) is 4.26. The Labute approximate surface area is 179 Å². The molecule has 1 saturated heterocycles. The minimum Gasteiger partial charge on any atom is -0.480 e. The Hall–Kier alpha value is -2.51. The lowest BCUT2D eigenvalue weighted by atomic mass is 10.1. The number of ether oxygens (including phenoxy) is 1. The molecule has 9 heteroatoms. The number of methoxy groups -OCH3 is 1. The summed E-state index contributed by atoms with van der Waals surface area (Å²) in [4.78, 5) is 32.6. The maximum Gasteiger partial charge on any atom is 0.322 e. The van der Waals surface area contributed by atoms with Gasteiger partial charge in [0.05, 0.1) is 12.8 Å².